The van der Waals surface area contributed by atoms with Crippen LogP contribution in [0.15, 0.2) is 23.1 Å². The van der Waals surface area contributed by atoms with Gasteiger partial charge in [-0.1, -0.05) is 24.1 Å². The number of carbonyl (C=O) groups excluding carboxylic acids is 1. The zero-order valence-corrected chi connectivity index (χ0v) is 14.6. The topological polar surface area (TPSA) is 38.3 Å². The van der Waals surface area contributed by atoms with E-state index >= 15 is 0 Å². The second-order valence-corrected chi connectivity index (χ2v) is 6.78. The molecular formula is C17H27NO2S. The van der Waals surface area contributed by atoms with E-state index in [9.17, 15) is 4.79 Å². The molecule has 1 N–H and O–H groups in total. The molecule has 1 aromatic rings. The lowest BCUT2D eigenvalue weighted by Crippen LogP contribution is -2.48. The molecule has 1 atom stereocenters. The zero-order chi connectivity index (χ0) is 15.9. The van der Waals surface area contributed by atoms with Gasteiger partial charge in [-0.05, 0) is 58.0 Å². The molecule has 118 valence electrons. The number of nitrogens with one attached hydrogen (secondary N) is 1. The highest BCUT2D eigenvalue weighted by atomic mass is 32.2. The minimum absolute atomic E-state index is 0.188. The lowest BCUT2D eigenvalue weighted by atomic mass is 9.95. The summed E-state index contributed by atoms with van der Waals surface area (Å²) >= 11 is 1.90. The van der Waals surface area contributed by atoms with Crippen LogP contribution in [0.25, 0.3) is 0 Å². The summed E-state index contributed by atoms with van der Waals surface area (Å²) in [6.07, 6.45) is 2.89. The van der Waals surface area contributed by atoms with E-state index in [1.165, 1.54) is 23.1 Å². The summed E-state index contributed by atoms with van der Waals surface area (Å²) in [6.45, 7) is 6.17. The van der Waals surface area contributed by atoms with Crippen LogP contribution in [-0.4, -0.2) is 31.4 Å². The smallest absolute Gasteiger partial charge is 0.325 e. The number of esters is 1. The first-order valence-electron chi connectivity index (χ1n) is 7.40. The molecule has 0 saturated carbocycles. The molecule has 0 aliphatic carbocycles. The number of aryl methyl sites for hydroxylation is 2. The van der Waals surface area contributed by atoms with Crippen molar-refractivity contribution in [2.75, 3.05) is 19.9 Å². The van der Waals surface area contributed by atoms with Crippen molar-refractivity contribution in [1.29, 1.82) is 0 Å². The van der Waals surface area contributed by atoms with Crippen LogP contribution in [-0.2, 0) is 9.53 Å². The van der Waals surface area contributed by atoms with Gasteiger partial charge in [0.2, 0.25) is 0 Å². The largest absolute Gasteiger partial charge is 0.468 e. The summed E-state index contributed by atoms with van der Waals surface area (Å²) in [5, 5.41) is 3.07. The van der Waals surface area contributed by atoms with Crippen LogP contribution >= 0.6 is 11.8 Å². The van der Waals surface area contributed by atoms with Crippen LogP contribution in [0.5, 0.6) is 0 Å². The normalized spacial score (nSPS) is 13.8. The second-order valence-electron chi connectivity index (χ2n) is 5.65. The molecule has 0 amide bonds. The summed E-state index contributed by atoms with van der Waals surface area (Å²) in [6, 6.07) is 6.56. The SMILES string of the molecule is CNC(C)(CCCCSc1cc(C)ccc1C)C(=O)OC. The minimum Gasteiger partial charge on any atom is -0.468 e. The standard InChI is InChI=1S/C17H27NO2S/c1-13-8-9-14(2)15(12-13)21-11-7-6-10-17(3,18-4)16(19)20-5/h8-9,12,18H,6-7,10-11H2,1-5H3. The Kier molecular flexibility index (Phi) is 7.26. The van der Waals surface area contributed by atoms with Gasteiger partial charge < -0.3 is 10.1 Å². The van der Waals surface area contributed by atoms with E-state index in [1.807, 2.05) is 25.7 Å². The molecule has 0 aliphatic rings. The first-order chi connectivity index (χ1) is 9.92. The third kappa shape index (κ3) is 5.36. The van der Waals surface area contributed by atoms with Crippen LogP contribution < -0.4 is 5.32 Å². The fourth-order valence-corrected chi connectivity index (χ4v) is 3.31. The predicted octanol–water partition coefficient (Wildman–Crippen LogP) is 3.72. The van der Waals surface area contributed by atoms with Crippen LogP contribution in [0.3, 0.4) is 0 Å². The number of rotatable bonds is 8. The average Bonchev–Trinajstić information content (AvgIpc) is 2.49. The van der Waals surface area contributed by atoms with Crippen LogP contribution in [0.4, 0.5) is 0 Å². The van der Waals surface area contributed by atoms with Crippen molar-refractivity contribution < 1.29 is 9.53 Å². The molecule has 3 nitrogen and oxygen atoms in total. The molecular weight excluding hydrogens is 282 g/mol. The molecule has 0 aliphatic heterocycles. The van der Waals surface area contributed by atoms with Gasteiger partial charge in [-0.3, -0.25) is 4.79 Å². The van der Waals surface area contributed by atoms with Gasteiger partial charge in [0, 0.05) is 4.90 Å². The number of methoxy groups -OCH3 is 1. The Morgan fingerprint density at radius 2 is 2.05 bits per heavy atom. The molecule has 0 bridgehead atoms. The lowest BCUT2D eigenvalue weighted by Gasteiger charge is -2.25. The van der Waals surface area contributed by atoms with Gasteiger partial charge in [-0.25, -0.2) is 0 Å². The molecule has 1 unspecified atom stereocenters. The van der Waals surface area contributed by atoms with Gasteiger partial charge in [0.25, 0.3) is 0 Å². The van der Waals surface area contributed by atoms with Crippen LogP contribution in [0, 0.1) is 13.8 Å². The van der Waals surface area contributed by atoms with Gasteiger partial charge >= 0.3 is 5.97 Å². The third-order valence-electron chi connectivity index (χ3n) is 3.86. The van der Waals surface area contributed by atoms with E-state index in [0.29, 0.717) is 0 Å². The number of carbonyl (C=O) groups is 1. The zero-order valence-electron chi connectivity index (χ0n) is 13.8. The Hall–Kier alpha value is -1.00. The van der Waals surface area contributed by atoms with E-state index in [4.69, 9.17) is 4.74 Å². The van der Waals surface area contributed by atoms with Crippen molar-refractivity contribution in [3.63, 3.8) is 0 Å². The highest BCUT2D eigenvalue weighted by molar-refractivity contribution is 7.99. The average molecular weight is 309 g/mol. The van der Waals surface area contributed by atoms with Gasteiger partial charge in [0.1, 0.15) is 5.54 Å². The van der Waals surface area contributed by atoms with Gasteiger partial charge in [-0.15, -0.1) is 11.8 Å². The van der Waals surface area contributed by atoms with Crippen molar-refractivity contribution in [1.82, 2.24) is 5.32 Å². The fourth-order valence-electron chi connectivity index (χ4n) is 2.18. The van der Waals surface area contributed by atoms with Crippen LogP contribution in [0.2, 0.25) is 0 Å². The van der Waals surface area contributed by atoms with E-state index < -0.39 is 5.54 Å². The summed E-state index contributed by atoms with van der Waals surface area (Å²) in [4.78, 5) is 13.1. The van der Waals surface area contributed by atoms with Crippen molar-refractivity contribution in [2.45, 2.75) is 50.5 Å². The Morgan fingerprint density at radius 3 is 2.67 bits per heavy atom. The number of unbranched alkanes of at least 4 members (excludes halogenated alkanes) is 1. The van der Waals surface area contributed by atoms with Gasteiger partial charge in [0.05, 0.1) is 7.11 Å². The third-order valence-corrected chi connectivity index (χ3v) is 5.10. The Labute approximate surface area is 132 Å². The highest BCUT2D eigenvalue weighted by Crippen LogP contribution is 2.25. The number of hydrogen-bond acceptors (Lipinski definition) is 4. The Morgan fingerprint density at radius 1 is 1.33 bits per heavy atom. The van der Waals surface area contributed by atoms with Crippen molar-refractivity contribution in [2.24, 2.45) is 0 Å². The number of ether oxygens (including phenoxy) is 1. The Bertz CT molecular complexity index is 476. The number of thioether (sulfide) groups is 1. The first-order valence-corrected chi connectivity index (χ1v) is 8.39. The lowest BCUT2D eigenvalue weighted by molar-refractivity contribution is -0.148. The van der Waals surface area contributed by atoms with E-state index in [2.05, 4.69) is 37.4 Å². The molecule has 21 heavy (non-hydrogen) atoms. The number of likely N-dealkylation sites (N-methyl/N-ethyl adjacent to an activating group) is 1. The summed E-state index contributed by atoms with van der Waals surface area (Å²) in [5.74, 6) is 0.887. The highest BCUT2D eigenvalue weighted by Gasteiger charge is 2.31. The molecule has 0 saturated heterocycles. The quantitative estimate of drug-likeness (QED) is 0.451. The van der Waals surface area contributed by atoms with E-state index in [1.54, 1.807) is 0 Å². The minimum atomic E-state index is -0.571. The number of hydrogen-bond donors (Lipinski definition) is 1. The molecule has 0 radical (unpaired) electrons. The van der Waals surface area contributed by atoms with Crippen molar-refractivity contribution >= 4 is 17.7 Å². The molecule has 0 heterocycles. The van der Waals surface area contributed by atoms with Crippen molar-refractivity contribution in [3.8, 4) is 0 Å². The summed E-state index contributed by atoms with van der Waals surface area (Å²) < 4.78 is 4.85. The maximum Gasteiger partial charge on any atom is 0.325 e. The first kappa shape index (κ1) is 18.1. The molecule has 0 spiro atoms. The predicted molar refractivity (Wildman–Crippen MR) is 90.0 cm³/mol. The molecule has 1 aromatic carbocycles. The van der Waals surface area contributed by atoms with E-state index in [0.717, 1.165) is 25.0 Å². The fraction of sp³-hybridized carbons (Fsp3) is 0.588. The Balaban J connectivity index is 2.37. The maximum absolute atomic E-state index is 11.7. The maximum atomic E-state index is 11.7. The molecule has 0 fully saturated rings. The molecule has 0 aromatic heterocycles. The van der Waals surface area contributed by atoms with Crippen molar-refractivity contribution in [3.05, 3.63) is 29.3 Å². The molecule has 1 rings (SSSR count). The molecule has 4 heteroatoms. The van der Waals surface area contributed by atoms with Crippen LogP contribution in [0.1, 0.15) is 37.3 Å². The summed E-state index contributed by atoms with van der Waals surface area (Å²) in [7, 11) is 3.25. The summed E-state index contributed by atoms with van der Waals surface area (Å²) in [5.41, 5.74) is 2.07. The second kappa shape index (κ2) is 8.44. The van der Waals surface area contributed by atoms with Gasteiger partial charge in [-0.2, -0.15) is 0 Å². The van der Waals surface area contributed by atoms with Gasteiger partial charge in [0.15, 0.2) is 0 Å². The number of benzene rings is 1. The van der Waals surface area contributed by atoms with E-state index in [-0.39, 0.29) is 5.97 Å². The monoisotopic (exact) mass is 309 g/mol.